The van der Waals surface area contributed by atoms with E-state index in [1.807, 2.05) is 0 Å². The summed E-state index contributed by atoms with van der Waals surface area (Å²) in [5, 5.41) is 3.63. The second-order valence-electron chi connectivity index (χ2n) is 5.88. The minimum atomic E-state index is 0.731. The molecule has 1 aromatic carbocycles. The molecular weight excluding hydrogens is 220 g/mol. The lowest BCUT2D eigenvalue weighted by atomic mass is 10.1. The smallest absolute Gasteiger partial charge is 0.0239 e. The molecule has 0 aromatic heterocycles. The van der Waals surface area contributed by atoms with Crippen LogP contribution in [0, 0.1) is 6.92 Å². The van der Waals surface area contributed by atoms with Crippen LogP contribution in [0.1, 0.15) is 36.8 Å². The SMILES string of the molecule is Cc1ccccc1CN(CC1CCCN1)C1CC1. The summed E-state index contributed by atoms with van der Waals surface area (Å²) in [4.78, 5) is 2.70. The molecule has 1 atom stereocenters. The molecule has 98 valence electrons. The first-order valence-electron chi connectivity index (χ1n) is 7.35. The van der Waals surface area contributed by atoms with Crippen molar-refractivity contribution in [3.05, 3.63) is 35.4 Å². The minimum Gasteiger partial charge on any atom is -0.313 e. The zero-order valence-electron chi connectivity index (χ0n) is 11.4. The molecule has 1 aliphatic carbocycles. The summed E-state index contributed by atoms with van der Waals surface area (Å²) in [7, 11) is 0. The molecule has 2 nitrogen and oxygen atoms in total. The lowest BCUT2D eigenvalue weighted by Crippen LogP contribution is -2.38. The van der Waals surface area contributed by atoms with E-state index >= 15 is 0 Å². The summed E-state index contributed by atoms with van der Waals surface area (Å²) in [6.07, 6.45) is 5.52. The van der Waals surface area contributed by atoms with E-state index in [0.717, 1.165) is 18.6 Å². The highest BCUT2D eigenvalue weighted by Crippen LogP contribution is 2.29. The van der Waals surface area contributed by atoms with Crippen molar-refractivity contribution in [2.45, 2.75) is 51.2 Å². The molecule has 0 radical (unpaired) electrons. The van der Waals surface area contributed by atoms with Crippen LogP contribution < -0.4 is 5.32 Å². The summed E-state index contributed by atoms with van der Waals surface area (Å²) in [6, 6.07) is 10.4. The fourth-order valence-electron chi connectivity index (χ4n) is 2.98. The predicted octanol–water partition coefficient (Wildman–Crippen LogP) is 2.71. The van der Waals surface area contributed by atoms with E-state index in [2.05, 4.69) is 41.4 Å². The molecular formula is C16H24N2. The second-order valence-corrected chi connectivity index (χ2v) is 5.88. The topological polar surface area (TPSA) is 15.3 Å². The van der Waals surface area contributed by atoms with Crippen molar-refractivity contribution < 1.29 is 0 Å². The van der Waals surface area contributed by atoms with Crippen LogP contribution in [-0.2, 0) is 6.54 Å². The molecule has 18 heavy (non-hydrogen) atoms. The van der Waals surface area contributed by atoms with Crippen molar-refractivity contribution in [3.8, 4) is 0 Å². The molecule has 0 amide bonds. The summed E-state index contributed by atoms with van der Waals surface area (Å²) in [5.41, 5.74) is 2.94. The highest BCUT2D eigenvalue weighted by molar-refractivity contribution is 5.25. The molecule has 0 spiro atoms. The van der Waals surface area contributed by atoms with Crippen molar-refractivity contribution in [1.29, 1.82) is 0 Å². The number of benzene rings is 1. The van der Waals surface area contributed by atoms with Crippen molar-refractivity contribution >= 4 is 0 Å². The summed E-state index contributed by atoms with van der Waals surface area (Å²) < 4.78 is 0. The Labute approximate surface area is 110 Å². The third-order valence-electron chi connectivity index (χ3n) is 4.32. The first kappa shape index (κ1) is 12.2. The van der Waals surface area contributed by atoms with Crippen LogP contribution in [0.25, 0.3) is 0 Å². The molecule has 1 heterocycles. The number of hydrogen-bond acceptors (Lipinski definition) is 2. The van der Waals surface area contributed by atoms with Gasteiger partial charge in [0.05, 0.1) is 0 Å². The monoisotopic (exact) mass is 244 g/mol. The lowest BCUT2D eigenvalue weighted by molar-refractivity contribution is 0.231. The minimum absolute atomic E-state index is 0.731. The van der Waals surface area contributed by atoms with Crippen LogP contribution >= 0.6 is 0 Å². The van der Waals surface area contributed by atoms with Gasteiger partial charge >= 0.3 is 0 Å². The molecule has 3 rings (SSSR count). The van der Waals surface area contributed by atoms with Crippen LogP contribution in [0.15, 0.2) is 24.3 Å². The number of hydrogen-bond donors (Lipinski definition) is 1. The van der Waals surface area contributed by atoms with Crippen molar-refractivity contribution in [2.75, 3.05) is 13.1 Å². The van der Waals surface area contributed by atoms with Gasteiger partial charge in [-0.2, -0.15) is 0 Å². The van der Waals surface area contributed by atoms with Gasteiger partial charge in [-0.25, -0.2) is 0 Å². The number of nitrogens with one attached hydrogen (secondary N) is 1. The third-order valence-corrected chi connectivity index (χ3v) is 4.32. The second kappa shape index (κ2) is 5.41. The lowest BCUT2D eigenvalue weighted by Gasteiger charge is -2.26. The Morgan fingerprint density at radius 3 is 2.72 bits per heavy atom. The molecule has 1 N–H and O–H groups in total. The fraction of sp³-hybridized carbons (Fsp3) is 0.625. The Hall–Kier alpha value is -0.860. The van der Waals surface area contributed by atoms with Gasteiger partial charge in [0, 0.05) is 25.2 Å². The third kappa shape index (κ3) is 2.93. The molecule has 1 saturated carbocycles. The first-order valence-corrected chi connectivity index (χ1v) is 7.35. The summed E-state index contributed by atoms with van der Waals surface area (Å²) in [5.74, 6) is 0. The molecule has 2 fully saturated rings. The Bertz CT molecular complexity index is 392. The maximum atomic E-state index is 3.63. The molecule has 2 heteroatoms. The summed E-state index contributed by atoms with van der Waals surface area (Å²) in [6.45, 7) is 5.82. The van der Waals surface area contributed by atoms with Crippen molar-refractivity contribution in [1.82, 2.24) is 10.2 Å². The molecule has 1 unspecified atom stereocenters. The average Bonchev–Trinajstić information content (AvgIpc) is 3.10. The van der Waals surface area contributed by atoms with Crippen LogP contribution in [0.2, 0.25) is 0 Å². The Morgan fingerprint density at radius 2 is 2.06 bits per heavy atom. The number of aryl methyl sites for hydroxylation is 1. The molecule has 1 aliphatic heterocycles. The summed E-state index contributed by atoms with van der Waals surface area (Å²) >= 11 is 0. The van der Waals surface area contributed by atoms with Gasteiger partial charge in [0.25, 0.3) is 0 Å². The van der Waals surface area contributed by atoms with Gasteiger partial charge in [-0.15, -0.1) is 0 Å². The molecule has 0 bridgehead atoms. The van der Waals surface area contributed by atoms with Gasteiger partial charge in [0.2, 0.25) is 0 Å². The molecule has 2 aliphatic rings. The number of rotatable bonds is 5. The Balaban J connectivity index is 1.64. The first-order chi connectivity index (χ1) is 8.83. The quantitative estimate of drug-likeness (QED) is 0.856. The molecule has 1 aromatic rings. The van der Waals surface area contributed by atoms with E-state index in [1.165, 1.54) is 49.9 Å². The Kier molecular flexibility index (Phi) is 3.67. The van der Waals surface area contributed by atoms with E-state index in [4.69, 9.17) is 0 Å². The maximum Gasteiger partial charge on any atom is 0.0239 e. The van der Waals surface area contributed by atoms with E-state index in [-0.39, 0.29) is 0 Å². The van der Waals surface area contributed by atoms with Gasteiger partial charge in [-0.1, -0.05) is 24.3 Å². The van der Waals surface area contributed by atoms with E-state index in [1.54, 1.807) is 0 Å². The van der Waals surface area contributed by atoms with Gasteiger partial charge in [-0.3, -0.25) is 4.90 Å². The van der Waals surface area contributed by atoms with Crippen LogP contribution in [0.5, 0.6) is 0 Å². The number of nitrogens with zero attached hydrogens (tertiary/aromatic N) is 1. The van der Waals surface area contributed by atoms with Gasteiger partial charge < -0.3 is 5.32 Å². The van der Waals surface area contributed by atoms with E-state index < -0.39 is 0 Å². The van der Waals surface area contributed by atoms with E-state index in [0.29, 0.717) is 0 Å². The van der Waals surface area contributed by atoms with Crippen LogP contribution in [-0.4, -0.2) is 30.1 Å². The zero-order chi connectivity index (χ0) is 12.4. The van der Waals surface area contributed by atoms with Crippen molar-refractivity contribution in [3.63, 3.8) is 0 Å². The highest BCUT2D eigenvalue weighted by atomic mass is 15.2. The standard InChI is InChI=1S/C16H24N2/c1-13-5-2-3-6-14(13)11-18(16-8-9-16)12-15-7-4-10-17-15/h2-3,5-6,15-17H,4,7-12H2,1H3. The maximum absolute atomic E-state index is 3.63. The predicted molar refractivity (Wildman–Crippen MR) is 75.6 cm³/mol. The normalized spacial score (nSPS) is 23.8. The average molecular weight is 244 g/mol. The van der Waals surface area contributed by atoms with Gasteiger partial charge in [-0.05, 0) is 50.3 Å². The van der Waals surface area contributed by atoms with Crippen LogP contribution in [0.4, 0.5) is 0 Å². The van der Waals surface area contributed by atoms with Gasteiger partial charge in [0.15, 0.2) is 0 Å². The van der Waals surface area contributed by atoms with Crippen LogP contribution in [0.3, 0.4) is 0 Å². The van der Waals surface area contributed by atoms with Crippen molar-refractivity contribution in [2.24, 2.45) is 0 Å². The van der Waals surface area contributed by atoms with E-state index in [9.17, 15) is 0 Å². The van der Waals surface area contributed by atoms with Gasteiger partial charge in [0.1, 0.15) is 0 Å². The Morgan fingerprint density at radius 1 is 1.22 bits per heavy atom. The molecule has 1 saturated heterocycles. The zero-order valence-corrected chi connectivity index (χ0v) is 11.4. The highest BCUT2D eigenvalue weighted by Gasteiger charge is 2.31. The fourth-order valence-corrected chi connectivity index (χ4v) is 2.98. The largest absolute Gasteiger partial charge is 0.313 e.